The van der Waals surface area contributed by atoms with E-state index in [-0.39, 0.29) is 0 Å². The Balaban J connectivity index is 2.06. The van der Waals surface area contributed by atoms with Gasteiger partial charge in [0.2, 0.25) is 0 Å². The van der Waals surface area contributed by atoms with E-state index in [2.05, 4.69) is 16.8 Å². The number of aliphatic carboxylic acids is 1. The number of H-pyrrole nitrogens is 1. The van der Waals surface area contributed by atoms with Gasteiger partial charge in [-0.05, 0) is 18.1 Å². The molecule has 2 aliphatic rings. The van der Waals surface area contributed by atoms with Crippen LogP contribution < -0.4 is 0 Å². The predicted octanol–water partition coefficient (Wildman–Crippen LogP) is 1.95. The normalized spacial score (nSPS) is 31.0. The number of carboxylic acids is 1. The molecule has 1 saturated heterocycles. The van der Waals surface area contributed by atoms with Gasteiger partial charge in [-0.2, -0.15) is 5.10 Å². The Morgan fingerprint density at radius 2 is 2.36 bits per heavy atom. The first kappa shape index (κ1) is 14.3. The number of carboxylic acid groups (broad SMARTS) is 1. The van der Waals surface area contributed by atoms with Crippen LogP contribution in [0, 0.1) is 5.41 Å². The standard InChI is InChI=1S/C16H16N2O4/c1-9-6-12(22-14(9)19)11-4-3-5-16(2,15(20)21)13(11)10-7-17-18-8-10/h3-5,7-8,12-13H,1,6H2,2H3,(H,17,18)(H,20,21). The van der Waals surface area contributed by atoms with Crippen LogP contribution in [0.5, 0.6) is 0 Å². The molecule has 0 spiro atoms. The summed E-state index contributed by atoms with van der Waals surface area (Å²) >= 11 is 0. The van der Waals surface area contributed by atoms with Crippen molar-refractivity contribution in [1.82, 2.24) is 10.2 Å². The molecule has 22 heavy (non-hydrogen) atoms. The van der Waals surface area contributed by atoms with Gasteiger partial charge in [-0.1, -0.05) is 24.8 Å². The second-order valence-electron chi connectivity index (χ2n) is 5.78. The van der Waals surface area contributed by atoms with E-state index in [4.69, 9.17) is 4.74 Å². The van der Waals surface area contributed by atoms with Crippen molar-refractivity contribution in [1.29, 1.82) is 0 Å². The lowest BCUT2D eigenvalue weighted by Gasteiger charge is -2.36. The Bertz CT molecular complexity index is 686. The summed E-state index contributed by atoms with van der Waals surface area (Å²) in [7, 11) is 0. The monoisotopic (exact) mass is 300 g/mol. The van der Waals surface area contributed by atoms with Gasteiger partial charge in [0.15, 0.2) is 0 Å². The van der Waals surface area contributed by atoms with E-state index in [1.165, 1.54) is 0 Å². The first-order valence-electron chi connectivity index (χ1n) is 6.93. The summed E-state index contributed by atoms with van der Waals surface area (Å²) in [5.41, 5.74) is 0.767. The third kappa shape index (κ3) is 2.07. The lowest BCUT2D eigenvalue weighted by atomic mass is 9.66. The van der Waals surface area contributed by atoms with Crippen LogP contribution in [0.1, 0.15) is 24.8 Å². The molecule has 6 heteroatoms. The molecule has 0 bridgehead atoms. The fourth-order valence-electron chi connectivity index (χ4n) is 3.09. The Morgan fingerprint density at radius 1 is 1.59 bits per heavy atom. The number of aromatic nitrogens is 2. The third-order valence-corrected chi connectivity index (χ3v) is 4.32. The van der Waals surface area contributed by atoms with Crippen LogP contribution in [0.3, 0.4) is 0 Å². The molecule has 1 aromatic rings. The maximum Gasteiger partial charge on any atom is 0.334 e. The van der Waals surface area contributed by atoms with Crippen LogP contribution >= 0.6 is 0 Å². The van der Waals surface area contributed by atoms with Crippen LogP contribution in [-0.2, 0) is 14.3 Å². The maximum absolute atomic E-state index is 11.8. The van der Waals surface area contributed by atoms with Crippen LogP contribution in [0.25, 0.3) is 0 Å². The second kappa shape index (κ2) is 4.98. The molecule has 2 N–H and O–H groups in total. The first-order chi connectivity index (χ1) is 10.4. The Labute approximate surface area is 127 Å². The van der Waals surface area contributed by atoms with E-state index in [0.717, 1.165) is 11.1 Å². The van der Waals surface area contributed by atoms with Crippen molar-refractivity contribution in [2.24, 2.45) is 5.41 Å². The van der Waals surface area contributed by atoms with Gasteiger partial charge in [0, 0.05) is 24.1 Å². The molecular formula is C16H16N2O4. The second-order valence-corrected chi connectivity index (χ2v) is 5.78. The SMILES string of the molecule is C=C1CC(C2=CC=CC(C)(C(=O)O)C2c2cn[nH]c2)OC1=O. The molecule has 0 saturated carbocycles. The Hall–Kier alpha value is -2.63. The van der Waals surface area contributed by atoms with Gasteiger partial charge in [-0.3, -0.25) is 9.89 Å². The van der Waals surface area contributed by atoms with Crippen LogP contribution in [0.4, 0.5) is 0 Å². The molecule has 0 aromatic carbocycles. The molecule has 1 aliphatic heterocycles. The van der Waals surface area contributed by atoms with Gasteiger partial charge in [0.1, 0.15) is 6.10 Å². The minimum atomic E-state index is -1.13. The Morgan fingerprint density at radius 3 is 2.91 bits per heavy atom. The van der Waals surface area contributed by atoms with E-state index in [0.29, 0.717) is 12.0 Å². The molecule has 114 valence electrons. The predicted molar refractivity (Wildman–Crippen MR) is 77.9 cm³/mol. The lowest BCUT2D eigenvalue weighted by molar-refractivity contribution is -0.146. The van der Waals surface area contributed by atoms with Crippen molar-refractivity contribution in [3.05, 3.63) is 53.9 Å². The van der Waals surface area contributed by atoms with Gasteiger partial charge in [0.05, 0.1) is 11.6 Å². The lowest BCUT2D eigenvalue weighted by Crippen LogP contribution is -2.37. The van der Waals surface area contributed by atoms with Gasteiger partial charge >= 0.3 is 11.9 Å². The first-order valence-corrected chi connectivity index (χ1v) is 6.93. The summed E-state index contributed by atoms with van der Waals surface area (Å²) < 4.78 is 5.35. The average molecular weight is 300 g/mol. The largest absolute Gasteiger partial charge is 0.481 e. The number of ether oxygens (including phenoxy) is 1. The highest BCUT2D eigenvalue weighted by Gasteiger charge is 2.47. The third-order valence-electron chi connectivity index (χ3n) is 4.32. The number of aromatic amines is 1. The highest BCUT2D eigenvalue weighted by molar-refractivity contribution is 5.90. The zero-order chi connectivity index (χ0) is 15.9. The number of rotatable bonds is 3. The van der Waals surface area contributed by atoms with Crippen LogP contribution in [0.15, 0.2) is 48.3 Å². The highest BCUT2D eigenvalue weighted by Crippen LogP contribution is 2.48. The number of carbonyl (C=O) groups excluding carboxylic acids is 1. The quantitative estimate of drug-likeness (QED) is 0.657. The number of nitrogens with zero attached hydrogens (tertiary/aromatic N) is 1. The minimum absolute atomic E-state index is 0.378. The van der Waals surface area contributed by atoms with E-state index < -0.39 is 29.4 Å². The molecule has 3 unspecified atom stereocenters. The summed E-state index contributed by atoms with van der Waals surface area (Å²) in [6.45, 7) is 5.34. The molecule has 0 radical (unpaired) electrons. The minimum Gasteiger partial charge on any atom is -0.481 e. The maximum atomic E-state index is 11.8. The van der Waals surface area contributed by atoms with E-state index in [9.17, 15) is 14.7 Å². The summed E-state index contributed by atoms with van der Waals surface area (Å²) in [5.74, 6) is -1.83. The smallest absolute Gasteiger partial charge is 0.334 e. The molecule has 2 heterocycles. The fourth-order valence-corrected chi connectivity index (χ4v) is 3.09. The highest BCUT2D eigenvalue weighted by atomic mass is 16.5. The molecule has 3 rings (SSSR count). The van der Waals surface area contributed by atoms with Crippen LogP contribution in [0.2, 0.25) is 0 Å². The number of nitrogens with one attached hydrogen (secondary N) is 1. The van der Waals surface area contributed by atoms with Crippen molar-refractivity contribution < 1.29 is 19.4 Å². The molecule has 3 atom stereocenters. The Kier molecular flexibility index (Phi) is 3.24. The van der Waals surface area contributed by atoms with E-state index in [1.54, 1.807) is 31.5 Å². The summed E-state index contributed by atoms with van der Waals surface area (Å²) in [4.78, 5) is 23.5. The van der Waals surface area contributed by atoms with Gasteiger partial charge in [-0.25, -0.2) is 4.79 Å². The van der Waals surface area contributed by atoms with Crippen molar-refractivity contribution in [2.45, 2.75) is 25.4 Å². The van der Waals surface area contributed by atoms with Gasteiger partial charge in [0.25, 0.3) is 0 Å². The molecular weight excluding hydrogens is 284 g/mol. The summed E-state index contributed by atoms with van der Waals surface area (Å²) in [6, 6.07) is 0. The molecule has 6 nitrogen and oxygen atoms in total. The molecule has 1 aromatic heterocycles. The van der Waals surface area contributed by atoms with Gasteiger partial charge < -0.3 is 9.84 Å². The van der Waals surface area contributed by atoms with Gasteiger partial charge in [-0.15, -0.1) is 0 Å². The molecule has 1 aliphatic carbocycles. The number of esters is 1. The average Bonchev–Trinajstić information content (AvgIpc) is 3.09. The number of cyclic esters (lactones) is 1. The number of hydrogen-bond acceptors (Lipinski definition) is 4. The van der Waals surface area contributed by atoms with Crippen LogP contribution in [-0.4, -0.2) is 33.3 Å². The van der Waals surface area contributed by atoms with E-state index in [1.807, 2.05) is 6.08 Å². The van der Waals surface area contributed by atoms with Crippen molar-refractivity contribution >= 4 is 11.9 Å². The number of allylic oxidation sites excluding steroid dienone is 2. The van der Waals surface area contributed by atoms with Crippen molar-refractivity contribution in [3.63, 3.8) is 0 Å². The van der Waals surface area contributed by atoms with Crippen molar-refractivity contribution in [2.75, 3.05) is 0 Å². The number of carbonyl (C=O) groups is 2. The zero-order valence-electron chi connectivity index (χ0n) is 12.1. The topological polar surface area (TPSA) is 92.3 Å². The number of hydrogen-bond donors (Lipinski definition) is 2. The summed E-state index contributed by atoms with van der Waals surface area (Å²) in [6.07, 6.45) is 8.34. The summed E-state index contributed by atoms with van der Waals surface area (Å²) in [5, 5.41) is 16.3. The molecule has 0 amide bonds. The van der Waals surface area contributed by atoms with E-state index >= 15 is 0 Å². The van der Waals surface area contributed by atoms with Crippen molar-refractivity contribution in [3.8, 4) is 0 Å². The molecule has 1 fully saturated rings. The zero-order valence-corrected chi connectivity index (χ0v) is 12.1. The fraction of sp³-hybridized carbons (Fsp3) is 0.312.